The molecule has 2 heterocycles. The summed E-state index contributed by atoms with van der Waals surface area (Å²) in [6, 6.07) is 4.94. The van der Waals surface area contributed by atoms with E-state index in [-0.39, 0.29) is 23.5 Å². The maximum absolute atomic E-state index is 12.2. The monoisotopic (exact) mass is 259 g/mol. The zero-order chi connectivity index (χ0) is 13.8. The summed E-state index contributed by atoms with van der Waals surface area (Å²) >= 11 is 0. The normalized spacial score (nSPS) is 11.5. The lowest BCUT2D eigenvalue weighted by Gasteiger charge is -2.10. The molecule has 19 heavy (non-hydrogen) atoms. The minimum atomic E-state index is -0.345. The van der Waals surface area contributed by atoms with Gasteiger partial charge in [-0.1, -0.05) is 5.16 Å². The van der Waals surface area contributed by atoms with Crippen molar-refractivity contribution in [3.05, 3.63) is 58.0 Å². The van der Waals surface area contributed by atoms with Gasteiger partial charge in [-0.3, -0.25) is 4.79 Å². The Morgan fingerprint density at radius 1 is 1.42 bits per heavy atom. The number of hydrogen-bond acceptors (Lipinski definition) is 5. The van der Waals surface area contributed by atoms with Crippen molar-refractivity contribution in [3.8, 4) is 0 Å². The van der Waals surface area contributed by atoms with Crippen LogP contribution in [0.25, 0.3) is 0 Å². The van der Waals surface area contributed by atoms with E-state index in [0.29, 0.717) is 5.82 Å². The van der Waals surface area contributed by atoms with Crippen molar-refractivity contribution in [3.63, 3.8) is 0 Å². The summed E-state index contributed by atoms with van der Waals surface area (Å²) in [6.45, 7) is 2.03. The second kappa shape index (κ2) is 5.30. The van der Waals surface area contributed by atoms with Crippen LogP contribution in [0.2, 0.25) is 0 Å². The fraction of sp³-hybridized carbons (Fsp3) is 0.167. The minimum Gasteiger partial charge on any atom is -0.409 e. The van der Waals surface area contributed by atoms with E-state index in [1.54, 1.807) is 31.5 Å². The number of rotatable bonds is 3. The molecular weight excluding hydrogens is 246 g/mol. The number of aromatic nitrogens is 3. The highest BCUT2D eigenvalue weighted by Crippen LogP contribution is 2.01. The standard InChI is InChI=1S/C12H13N5O2/c1-8-3-4-9(11(13)16-19)12(18)17(8)7-10-14-5-2-6-15-10/h2-6,19H,7H2,1H3,(H2,13,16). The molecule has 0 aromatic carbocycles. The van der Waals surface area contributed by atoms with Crippen LogP contribution in [0, 0.1) is 6.92 Å². The van der Waals surface area contributed by atoms with Crippen molar-refractivity contribution in [2.75, 3.05) is 0 Å². The number of aryl methyl sites for hydroxylation is 1. The average molecular weight is 259 g/mol. The molecule has 0 radical (unpaired) electrons. The molecule has 0 aliphatic rings. The van der Waals surface area contributed by atoms with Crippen molar-refractivity contribution in [2.24, 2.45) is 10.9 Å². The molecule has 0 spiro atoms. The highest BCUT2D eigenvalue weighted by molar-refractivity contribution is 5.96. The Kier molecular flexibility index (Phi) is 3.56. The van der Waals surface area contributed by atoms with Gasteiger partial charge < -0.3 is 15.5 Å². The largest absolute Gasteiger partial charge is 0.409 e. The van der Waals surface area contributed by atoms with E-state index in [4.69, 9.17) is 10.9 Å². The average Bonchev–Trinajstić information content (AvgIpc) is 2.44. The molecule has 3 N–H and O–H groups in total. The van der Waals surface area contributed by atoms with Gasteiger partial charge in [0.25, 0.3) is 5.56 Å². The lowest BCUT2D eigenvalue weighted by Crippen LogP contribution is -2.31. The zero-order valence-corrected chi connectivity index (χ0v) is 10.3. The van der Waals surface area contributed by atoms with E-state index in [0.717, 1.165) is 5.69 Å². The summed E-state index contributed by atoms with van der Waals surface area (Å²) in [5.41, 5.74) is 6.00. The summed E-state index contributed by atoms with van der Waals surface area (Å²) in [7, 11) is 0. The summed E-state index contributed by atoms with van der Waals surface area (Å²) in [5, 5.41) is 11.5. The van der Waals surface area contributed by atoms with E-state index in [1.165, 1.54) is 10.6 Å². The van der Waals surface area contributed by atoms with Gasteiger partial charge in [0, 0.05) is 18.1 Å². The second-order valence-corrected chi connectivity index (χ2v) is 3.93. The lowest BCUT2D eigenvalue weighted by molar-refractivity contribution is 0.318. The van der Waals surface area contributed by atoms with Crippen LogP contribution in [0.4, 0.5) is 0 Å². The second-order valence-electron chi connectivity index (χ2n) is 3.93. The summed E-state index contributed by atoms with van der Waals surface area (Å²) < 4.78 is 1.47. The van der Waals surface area contributed by atoms with Crippen LogP contribution in [0.1, 0.15) is 17.1 Å². The van der Waals surface area contributed by atoms with E-state index in [1.807, 2.05) is 0 Å². The molecule has 0 amide bonds. The minimum absolute atomic E-state index is 0.143. The molecule has 0 aliphatic carbocycles. The first kappa shape index (κ1) is 12.7. The van der Waals surface area contributed by atoms with Gasteiger partial charge in [0.1, 0.15) is 5.82 Å². The SMILES string of the molecule is Cc1ccc(/C(N)=N/O)c(=O)n1Cc1ncccn1. The van der Waals surface area contributed by atoms with Gasteiger partial charge in [-0.05, 0) is 25.1 Å². The molecule has 2 aromatic rings. The van der Waals surface area contributed by atoms with Crippen molar-refractivity contribution < 1.29 is 5.21 Å². The topological polar surface area (TPSA) is 106 Å². The number of nitrogens with two attached hydrogens (primary N) is 1. The van der Waals surface area contributed by atoms with E-state index < -0.39 is 0 Å². The van der Waals surface area contributed by atoms with Crippen LogP contribution < -0.4 is 11.3 Å². The molecule has 7 nitrogen and oxygen atoms in total. The predicted molar refractivity (Wildman–Crippen MR) is 69.1 cm³/mol. The molecule has 0 atom stereocenters. The van der Waals surface area contributed by atoms with Gasteiger partial charge in [-0.15, -0.1) is 0 Å². The number of hydrogen-bond donors (Lipinski definition) is 2. The quantitative estimate of drug-likeness (QED) is 0.351. The highest BCUT2D eigenvalue weighted by atomic mass is 16.4. The van der Waals surface area contributed by atoms with Crippen LogP contribution in [-0.2, 0) is 6.54 Å². The number of oxime groups is 1. The molecule has 0 aliphatic heterocycles. The van der Waals surface area contributed by atoms with E-state index in [9.17, 15) is 4.79 Å². The number of amidine groups is 1. The van der Waals surface area contributed by atoms with Crippen molar-refractivity contribution in [1.29, 1.82) is 0 Å². The van der Waals surface area contributed by atoms with Crippen LogP contribution in [0.5, 0.6) is 0 Å². The molecule has 7 heteroatoms. The molecule has 0 fully saturated rings. The third-order valence-electron chi connectivity index (χ3n) is 2.69. The molecule has 0 bridgehead atoms. The van der Waals surface area contributed by atoms with Crippen LogP contribution >= 0.6 is 0 Å². The highest BCUT2D eigenvalue weighted by Gasteiger charge is 2.11. The van der Waals surface area contributed by atoms with Gasteiger partial charge in [-0.2, -0.15) is 0 Å². The molecule has 2 rings (SSSR count). The Hall–Kier alpha value is -2.70. The van der Waals surface area contributed by atoms with Gasteiger partial charge in [0.15, 0.2) is 5.84 Å². The van der Waals surface area contributed by atoms with E-state index >= 15 is 0 Å². The van der Waals surface area contributed by atoms with Gasteiger partial charge in [0.05, 0.1) is 12.1 Å². The van der Waals surface area contributed by atoms with Gasteiger partial charge in [-0.25, -0.2) is 9.97 Å². The number of pyridine rings is 1. The van der Waals surface area contributed by atoms with Crippen molar-refractivity contribution in [1.82, 2.24) is 14.5 Å². The first-order valence-electron chi connectivity index (χ1n) is 5.57. The van der Waals surface area contributed by atoms with E-state index in [2.05, 4.69) is 15.1 Å². The first-order valence-corrected chi connectivity index (χ1v) is 5.57. The Morgan fingerprint density at radius 3 is 2.74 bits per heavy atom. The Balaban J connectivity index is 2.49. The van der Waals surface area contributed by atoms with Crippen molar-refractivity contribution >= 4 is 5.84 Å². The van der Waals surface area contributed by atoms with Gasteiger partial charge >= 0.3 is 0 Å². The molecule has 98 valence electrons. The van der Waals surface area contributed by atoms with Crippen LogP contribution in [-0.4, -0.2) is 25.6 Å². The summed E-state index contributed by atoms with van der Waals surface area (Å²) in [6.07, 6.45) is 3.21. The van der Waals surface area contributed by atoms with Crippen molar-refractivity contribution in [2.45, 2.75) is 13.5 Å². The summed E-state index contributed by atoms with van der Waals surface area (Å²) in [5.74, 6) is 0.303. The Bertz CT molecular complexity index is 664. The molecular formula is C12H13N5O2. The third-order valence-corrected chi connectivity index (χ3v) is 2.69. The molecule has 2 aromatic heterocycles. The van der Waals surface area contributed by atoms with Crippen LogP contribution in [0.15, 0.2) is 40.5 Å². The smallest absolute Gasteiger partial charge is 0.262 e. The number of nitrogens with zero attached hydrogens (tertiary/aromatic N) is 4. The Labute approximate surface area is 109 Å². The maximum Gasteiger partial charge on any atom is 0.262 e. The maximum atomic E-state index is 12.2. The Morgan fingerprint density at radius 2 is 2.11 bits per heavy atom. The lowest BCUT2D eigenvalue weighted by atomic mass is 10.2. The fourth-order valence-electron chi connectivity index (χ4n) is 1.67. The molecule has 0 saturated heterocycles. The first-order chi connectivity index (χ1) is 9.13. The third kappa shape index (κ3) is 2.59. The molecule has 0 unspecified atom stereocenters. The fourth-order valence-corrected chi connectivity index (χ4v) is 1.67. The zero-order valence-electron chi connectivity index (χ0n) is 10.3. The predicted octanol–water partition coefficient (Wildman–Crippen LogP) is 0.0895. The van der Waals surface area contributed by atoms with Crippen LogP contribution in [0.3, 0.4) is 0 Å². The molecule has 0 saturated carbocycles. The summed E-state index contributed by atoms with van der Waals surface area (Å²) in [4.78, 5) is 20.4. The van der Waals surface area contributed by atoms with Gasteiger partial charge in [0.2, 0.25) is 0 Å².